The Kier molecular flexibility index (Phi) is 3.98. The molecule has 0 aliphatic heterocycles. The quantitative estimate of drug-likeness (QED) is 0.649. The number of hydrogen-bond donors (Lipinski definition) is 2. The summed E-state index contributed by atoms with van der Waals surface area (Å²) in [5.41, 5.74) is 2.62. The van der Waals surface area contributed by atoms with Crippen LogP contribution in [0.15, 0.2) is 66.2 Å². The Balaban J connectivity index is 2.44. The van der Waals surface area contributed by atoms with Crippen LogP contribution in [0.3, 0.4) is 0 Å². The fourth-order valence-corrected chi connectivity index (χ4v) is 1.74. The van der Waals surface area contributed by atoms with Crippen LogP contribution in [0.25, 0.3) is 0 Å². The zero-order chi connectivity index (χ0) is 13.7. The molecule has 0 aliphatic rings. The summed E-state index contributed by atoms with van der Waals surface area (Å²) in [6, 6.07) is 13.7. The highest BCUT2D eigenvalue weighted by Gasteiger charge is 2.06. The number of phenols is 2. The summed E-state index contributed by atoms with van der Waals surface area (Å²) >= 11 is 0. The van der Waals surface area contributed by atoms with E-state index in [0.717, 1.165) is 16.8 Å². The molecule has 0 aliphatic carbocycles. The van der Waals surface area contributed by atoms with E-state index in [1.807, 2.05) is 24.3 Å². The van der Waals surface area contributed by atoms with Gasteiger partial charge >= 0.3 is 0 Å². The van der Waals surface area contributed by atoms with Gasteiger partial charge in [-0.3, -0.25) is 4.99 Å². The zero-order valence-electron chi connectivity index (χ0n) is 10.5. The second kappa shape index (κ2) is 5.87. The maximum Gasteiger partial charge on any atom is 0.115 e. The lowest BCUT2D eigenvalue weighted by molar-refractivity contribution is 0.475. The van der Waals surface area contributed by atoms with Crippen LogP contribution in [0.2, 0.25) is 0 Å². The molecule has 0 atom stereocenters. The minimum absolute atomic E-state index is 0.220. The molecule has 2 aromatic rings. The molecule has 3 nitrogen and oxygen atoms in total. The zero-order valence-corrected chi connectivity index (χ0v) is 10.5. The smallest absolute Gasteiger partial charge is 0.115 e. The highest BCUT2D eigenvalue weighted by molar-refractivity contribution is 6.13. The molecule has 0 heterocycles. The van der Waals surface area contributed by atoms with Crippen molar-refractivity contribution in [3.05, 3.63) is 72.3 Å². The summed E-state index contributed by atoms with van der Waals surface area (Å²) in [6.07, 6.45) is 1.72. The highest BCUT2D eigenvalue weighted by Crippen LogP contribution is 2.17. The molecule has 0 saturated heterocycles. The van der Waals surface area contributed by atoms with E-state index in [1.54, 1.807) is 30.3 Å². The van der Waals surface area contributed by atoms with Crippen LogP contribution in [-0.2, 0) is 0 Å². The van der Waals surface area contributed by atoms with Gasteiger partial charge < -0.3 is 10.2 Å². The molecule has 0 amide bonds. The van der Waals surface area contributed by atoms with Crippen LogP contribution in [0.4, 0.5) is 0 Å². The molecule has 0 fully saturated rings. The summed E-state index contributed by atoms with van der Waals surface area (Å²) in [7, 11) is 0. The third-order valence-corrected chi connectivity index (χ3v) is 2.66. The summed E-state index contributed by atoms with van der Waals surface area (Å²) in [6.45, 7) is 4.17. The lowest BCUT2D eigenvalue weighted by Crippen LogP contribution is -2.03. The maximum atomic E-state index is 9.33. The van der Waals surface area contributed by atoms with E-state index >= 15 is 0 Å². The van der Waals surface area contributed by atoms with Gasteiger partial charge in [0.1, 0.15) is 11.5 Å². The summed E-state index contributed by atoms with van der Waals surface area (Å²) < 4.78 is 0. The van der Waals surface area contributed by atoms with Gasteiger partial charge in [0.25, 0.3) is 0 Å². The standard InChI is InChI=1S/C16H15NO2/c1-2-11-17-16(12-3-7-14(18)8-4-12)13-5-9-15(19)10-6-13/h2-10,18-19H,1,11H2. The first kappa shape index (κ1) is 12.9. The molecule has 0 aromatic heterocycles. The average Bonchev–Trinajstić information content (AvgIpc) is 2.43. The predicted octanol–water partition coefficient (Wildman–Crippen LogP) is 3.12. The van der Waals surface area contributed by atoms with Crippen molar-refractivity contribution in [2.75, 3.05) is 6.54 Å². The van der Waals surface area contributed by atoms with Gasteiger partial charge in [-0.05, 0) is 48.5 Å². The van der Waals surface area contributed by atoms with Crippen molar-refractivity contribution in [2.24, 2.45) is 4.99 Å². The fraction of sp³-hybridized carbons (Fsp3) is 0.0625. The summed E-state index contributed by atoms with van der Waals surface area (Å²) in [4.78, 5) is 4.48. The van der Waals surface area contributed by atoms with Gasteiger partial charge in [-0.15, -0.1) is 6.58 Å². The van der Waals surface area contributed by atoms with Crippen LogP contribution in [0.5, 0.6) is 11.5 Å². The average molecular weight is 253 g/mol. The molecule has 96 valence electrons. The SMILES string of the molecule is C=CCN=C(c1ccc(O)cc1)c1ccc(O)cc1. The number of aromatic hydroxyl groups is 2. The normalized spacial score (nSPS) is 9.89. The second-order valence-corrected chi connectivity index (χ2v) is 4.07. The number of benzene rings is 2. The Bertz CT molecular complexity index is 536. The first-order valence-electron chi connectivity index (χ1n) is 5.95. The Hall–Kier alpha value is -2.55. The molecular weight excluding hydrogens is 238 g/mol. The molecule has 3 heteroatoms. The third-order valence-electron chi connectivity index (χ3n) is 2.66. The molecule has 2 rings (SSSR count). The molecule has 0 bridgehead atoms. The summed E-state index contributed by atoms with van der Waals surface area (Å²) in [5.74, 6) is 0.440. The van der Waals surface area contributed by atoms with Crippen molar-refractivity contribution in [1.82, 2.24) is 0 Å². The molecule has 0 spiro atoms. The Morgan fingerprint density at radius 1 is 0.895 bits per heavy atom. The van der Waals surface area contributed by atoms with Crippen molar-refractivity contribution < 1.29 is 10.2 Å². The molecule has 2 N–H and O–H groups in total. The minimum atomic E-state index is 0.220. The van der Waals surface area contributed by atoms with Crippen molar-refractivity contribution in [3.63, 3.8) is 0 Å². The topological polar surface area (TPSA) is 52.8 Å². The van der Waals surface area contributed by atoms with Gasteiger partial charge in [0, 0.05) is 11.1 Å². The Morgan fingerprint density at radius 2 is 1.32 bits per heavy atom. The molecule has 0 radical (unpaired) electrons. The lowest BCUT2D eigenvalue weighted by Gasteiger charge is -2.07. The van der Waals surface area contributed by atoms with Crippen molar-refractivity contribution >= 4 is 5.71 Å². The number of aliphatic imine (C=N–C) groups is 1. The van der Waals surface area contributed by atoms with E-state index in [2.05, 4.69) is 11.6 Å². The largest absolute Gasteiger partial charge is 0.508 e. The molecule has 0 saturated carbocycles. The van der Waals surface area contributed by atoms with Crippen molar-refractivity contribution in [2.45, 2.75) is 0 Å². The van der Waals surface area contributed by atoms with Gasteiger partial charge in [-0.1, -0.05) is 6.08 Å². The molecule has 2 aromatic carbocycles. The van der Waals surface area contributed by atoms with E-state index in [0.29, 0.717) is 6.54 Å². The maximum absolute atomic E-state index is 9.33. The Labute approximate surface area is 112 Å². The van der Waals surface area contributed by atoms with Crippen LogP contribution < -0.4 is 0 Å². The molecular formula is C16H15NO2. The van der Waals surface area contributed by atoms with Crippen LogP contribution >= 0.6 is 0 Å². The lowest BCUT2D eigenvalue weighted by atomic mass is 10.0. The van der Waals surface area contributed by atoms with Crippen LogP contribution in [0.1, 0.15) is 11.1 Å². The monoisotopic (exact) mass is 253 g/mol. The molecule has 19 heavy (non-hydrogen) atoms. The summed E-state index contributed by atoms with van der Waals surface area (Å²) in [5, 5.41) is 18.7. The minimum Gasteiger partial charge on any atom is -0.508 e. The van der Waals surface area contributed by atoms with E-state index in [4.69, 9.17) is 0 Å². The second-order valence-electron chi connectivity index (χ2n) is 4.07. The van der Waals surface area contributed by atoms with Crippen molar-refractivity contribution in [3.8, 4) is 11.5 Å². The van der Waals surface area contributed by atoms with Gasteiger partial charge in [-0.25, -0.2) is 0 Å². The Morgan fingerprint density at radius 3 is 1.68 bits per heavy atom. The van der Waals surface area contributed by atoms with Crippen molar-refractivity contribution in [1.29, 1.82) is 0 Å². The first-order valence-corrected chi connectivity index (χ1v) is 5.95. The molecule has 0 unspecified atom stereocenters. The van der Waals surface area contributed by atoms with E-state index < -0.39 is 0 Å². The predicted molar refractivity (Wildman–Crippen MR) is 76.9 cm³/mol. The number of hydrogen-bond acceptors (Lipinski definition) is 3. The third kappa shape index (κ3) is 3.22. The number of rotatable bonds is 4. The van der Waals surface area contributed by atoms with Gasteiger partial charge in [-0.2, -0.15) is 0 Å². The highest BCUT2D eigenvalue weighted by atomic mass is 16.3. The number of phenolic OH excluding ortho intramolecular Hbond substituents is 2. The van der Waals surface area contributed by atoms with Gasteiger partial charge in [0.05, 0.1) is 12.3 Å². The van der Waals surface area contributed by atoms with E-state index in [9.17, 15) is 10.2 Å². The number of nitrogens with zero attached hydrogens (tertiary/aromatic N) is 1. The fourth-order valence-electron chi connectivity index (χ4n) is 1.74. The van der Waals surface area contributed by atoms with Crippen LogP contribution in [0, 0.1) is 0 Å². The van der Waals surface area contributed by atoms with E-state index in [1.165, 1.54) is 0 Å². The first-order chi connectivity index (χ1) is 9.20. The van der Waals surface area contributed by atoms with Gasteiger partial charge in [0.15, 0.2) is 0 Å². The van der Waals surface area contributed by atoms with Gasteiger partial charge in [0.2, 0.25) is 0 Å². The van der Waals surface area contributed by atoms with Crippen LogP contribution in [-0.4, -0.2) is 22.5 Å². The van der Waals surface area contributed by atoms with E-state index in [-0.39, 0.29) is 11.5 Å².